The molecule has 0 spiro atoms. The quantitative estimate of drug-likeness (QED) is 0.525. The van der Waals surface area contributed by atoms with Crippen LogP contribution in [-0.2, 0) is 6.61 Å². The Morgan fingerprint density at radius 3 is 2.58 bits per heavy atom. The zero-order valence-electron chi connectivity index (χ0n) is 9.88. The molecule has 0 heterocycles. The molecule has 2 aromatic rings. The molecule has 0 saturated carbocycles. The molecule has 0 saturated heterocycles. The maximum Gasteiger partial charge on any atom is 0.134 e. The van der Waals surface area contributed by atoms with Crippen LogP contribution in [0.15, 0.2) is 52.1 Å². The average Bonchev–Trinajstić information content (AvgIpc) is 2.40. The average molecular weight is 324 g/mol. The normalized spacial score (nSPS) is 10.8. The first-order valence-corrected chi connectivity index (χ1v) is 6.32. The lowest BCUT2D eigenvalue weighted by atomic mass is 10.2. The first-order valence-electron chi connectivity index (χ1n) is 5.53. The van der Waals surface area contributed by atoms with E-state index in [1.54, 1.807) is 30.3 Å². The number of hydrogen-bond donors (Lipinski definition) is 1. The maximum atomic E-state index is 12.7. The molecule has 98 valence electrons. The van der Waals surface area contributed by atoms with Gasteiger partial charge in [-0.05, 0) is 57.4 Å². The Balaban J connectivity index is 2.05. The van der Waals surface area contributed by atoms with Crippen LogP contribution in [0.1, 0.15) is 11.1 Å². The van der Waals surface area contributed by atoms with Gasteiger partial charge < -0.3 is 9.94 Å². The highest BCUT2D eigenvalue weighted by atomic mass is 79.9. The van der Waals surface area contributed by atoms with Crippen LogP contribution in [-0.4, -0.2) is 11.4 Å². The molecular weight excluding hydrogens is 313 g/mol. The van der Waals surface area contributed by atoms with Gasteiger partial charge in [0, 0.05) is 0 Å². The molecule has 0 aliphatic carbocycles. The summed E-state index contributed by atoms with van der Waals surface area (Å²) < 4.78 is 19.1. The van der Waals surface area contributed by atoms with Crippen LogP contribution in [0.4, 0.5) is 4.39 Å². The number of halogens is 2. The van der Waals surface area contributed by atoms with Gasteiger partial charge in [0.15, 0.2) is 0 Å². The second kappa shape index (κ2) is 6.33. The highest BCUT2D eigenvalue weighted by Crippen LogP contribution is 2.26. The lowest BCUT2D eigenvalue weighted by Crippen LogP contribution is -1.96. The Morgan fingerprint density at radius 2 is 1.95 bits per heavy atom. The van der Waals surface area contributed by atoms with Crippen molar-refractivity contribution in [3.8, 4) is 5.75 Å². The van der Waals surface area contributed by atoms with E-state index in [1.807, 2.05) is 0 Å². The summed E-state index contributed by atoms with van der Waals surface area (Å²) in [6.45, 7) is 0.353. The van der Waals surface area contributed by atoms with Crippen LogP contribution in [0.5, 0.6) is 5.75 Å². The standard InChI is InChI=1S/C14H11BrFNO2/c15-13-7-11(8-17-18)3-6-14(13)19-9-10-1-4-12(16)5-2-10/h1-8,18H,9H2/b17-8-. The molecule has 0 radical (unpaired) electrons. The molecule has 1 N–H and O–H groups in total. The van der Waals surface area contributed by atoms with E-state index in [0.717, 1.165) is 15.6 Å². The van der Waals surface area contributed by atoms with Crippen molar-refractivity contribution in [3.05, 3.63) is 63.9 Å². The van der Waals surface area contributed by atoms with Crippen molar-refractivity contribution in [2.45, 2.75) is 6.61 Å². The minimum absolute atomic E-state index is 0.266. The summed E-state index contributed by atoms with van der Waals surface area (Å²) >= 11 is 3.37. The zero-order chi connectivity index (χ0) is 13.7. The summed E-state index contributed by atoms with van der Waals surface area (Å²) in [5, 5.41) is 11.4. The van der Waals surface area contributed by atoms with E-state index in [-0.39, 0.29) is 5.82 Å². The lowest BCUT2D eigenvalue weighted by molar-refractivity contribution is 0.304. The second-order valence-electron chi connectivity index (χ2n) is 3.85. The monoisotopic (exact) mass is 323 g/mol. The van der Waals surface area contributed by atoms with E-state index >= 15 is 0 Å². The summed E-state index contributed by atoms with van der Waals surface area (Å²) in [7, 11) is 0. The van der Waals surface area contributed by atoms with Crippen LogP contribution in [0, 0.1) is 5.82 Å². The van der Waals surface area contributed by atoms with Gasteiger partial charge in [-0.2, -0.15) is 0 Å². The van der Waals surface area contributed by atoms with Crippen LogP contribution >= 0.6 is 15.9 Å². The molecule has 2 rings (SSSR count). The molecule has 0 aromatic heterocycles. The predicted octanol–water partition coefficient (Wildman–Crippen LogP) is 3.98. The van der Waals surface area contributed by atoms with Crippen molar-refractivity contribution in [1.82, 2.24) is 0 Å². The van der Waals surface area contributed by atoms with E-state index < -0.39 is 0 Å². The molecule has 0 unspecified atom stereocenters. The van der Waals surface area contributed by atoms with E-state index in [4.69, 9.17) is 9.94 Å². The third kappa shape index (κ3) is 3.79. The molecule has 0 fully saturated rings. The number of rotatable bonds is 4. The Bertz CT molecular complexity index is 584. The molecular formula is C14H11BrFNO2. The third-order valence-electron chi connectivity index (χ3n) is 2.47. The van der Waals surface area contributed by atoms with Crippen molar-refractivity contribution in [3.63, 3.8) is 0 Å². The summed E-state index contributed by atoms with van der Waals surface area (Å²) in [5.41, 5.74) is 1.64. The van der Waals surface area contributed by atoms with Crippen LogP contribution < -0.4 is 4.74 Å². The number of hydrogen-bond acceptors (Lipinski definition) is 3. The molecule has 0 aliphatic heterocycles. The zero-order valence-corrected chi connectivity index (χ0v) is 11.5. The fourth-order valence-electron chi connectivity index (χ4n) is 1.52. The predicted molar refractivity (Wildman–Crippen MR) is 74.3 cm³/mol. The van der Waals surface area contributed by atoms with Gasteiger partial charge in [-0.3, -0.25) is 0 Å². The fraction of sp³-hybridized carbons (Fsp3) is 0.0714. The van der Waals surface area contributed by atoms with Crippen molar-refractivity contribution in [2.24, 2.45) is 5.16 Å². The number of nitrogens with zero attached hydrogens (tertiary/aromatic N) is 1. The van der Waals surface area contributed by atoms with Crippen molar-refractivity contribution < 1.29 is 14.3 Å². The molecule has 2 aromatic carbocycles. The van der Waals surface area contributed by atoms with E-state index in [2.05, 4.69) is 21.1 Å². The smallest absolute Gasteiger partial charge is 0.134 e. The molecule has 0 bridgehead atoms. The molecule has 0 atom stereocenters. The number of benzene rings is 2. The highest BCUT2D eigenvalue weighted by Gasteiger charge is 2.03. The first-order chi connectivity index (χ1) is 9.19. The molecule has 19 heavy (non-hydrogen) atoms. The van der Waals surface area contributed by atoms with Gasteiger partial charge in [0.1, 0.15) is 18.2 Å². The minimum atomic E-state index is -0.266. The molecule has 3 nitrogen and oxygen atoms in total. The Hall–Kier alpha value is -1.88. The first kappa shape index (κ1) is 13.5. The van der Waals surface area contributed by atoms with Gasteiger partial charge in [0.05, 0.1) is 10.7 Å². The van der Waals surface area contributed by atoms with Crippen molar-refractivity contribution >= 4 is 22.1 Å². The summed E-state index contributed by atoms with van der Waals surface area (Å²) in [6, 6.07) is 11.5. The van der Waals surface area contributed by atoms with Crippen molar-refractivity contribution in [2.75, 3.05) is 0 Å². The summed E-state index contributed by atoms with van der Waals surface area (Å²) in [6.07, 6.45) is 1.33. The van der Waals surface area contributed by atoms with Crippen LogP contribution in [0.25, 0.3) is 0 Å². The third-order valence-corrected chi connectivity index (χ3v) is 3.09. The van der Waals surface area contributed by atoms with Crippen LogP contribution in [0.3, 0.4) is 0 Å². The van der Waals surface area contributed by atoms with Gasteiger partial charge in [-0.25, -0.2) is 4.39 Å². The van der Waals surface area contributed by atoms with Crippen molar-refractivity contribution in [1.29, 1.82) is 0 Å². The number of ether oxygens (including phenoxy) is 1. The summed E-state index contributed by atoms with van der Waals surface area (Å²) in [5.74, 6) is 0.400. The van der Waals surface area contributed by atoms with Gasteiger partial charge in [0.2, 0.25) is 0 Å². The lowest BCUT2D eigenvalue weighted by Gasteiger charge is -2.08. The molecule has 5 heteroatoms. The Kier molecular flexibility index (Phi) is 4.52. The van der Waals surface area contributed by atoms with Crippen LogP contribution in [0.2, 0.25) is 0 Å². The Labute approximate surface area is 118 Å². The van der Waals surface area contributed by atoms with Gasteiger partial charge in [-0.15, -0.1) is 0 Å². The van der Waals surface area contributed by atoms with E-state index in [1.165, 1.54) is 18.3 Å². The largest absolute Gasteiger partial charge is 0.488 e. The Morgan fingerprint density at radius 1 is 1.21 bits per heavy atom. The van der Waals surface area contributed by atoms with E-state index in [9.17, 15) is 4.39 Å². The SMILES string of the molecule is O/N=C\c1ccc(OCc2ccc(F)cc2)c(Br)c1. The van der Waals surface area contributed by atoms with Gasteiger partial charge in [0.25, 0.3) is 0 Å². The number of oxime groups is 1. The summed E-state index contributed by atoms with van der Waals surface area (Å²) in [4.78, 5) is 0. The van der Waals surface area contributed by atoms with E-state index in [0.29, 0.717) is 12.4 Å². The fourth-order valence-corrected chi connectivity index (χ4v) is 2.03. The second-order valence-corrected chi connectivity index (χ2v) is 4.70. The van der Waals surface area contributed by atoms with Gasteiger partial charge in [-0.1, -0.05) is 17.3 Å². The highest BCUT2D eigenvalue weighted by molar-refractivity contribution is 9.10. The topological polar surface area (TPSA) is 41.8 Å². The minimum Gasteiger partial charge on any atom is -0.488 e. The maximum absolute atomic E-state index is 12.7. The molecule has 0 amide bonds. The van der Waals surface area contributed by atoms with Gasteiger partial charge >= 0.3 is 0 Å². The molecule has 0 aliphatic rings.